The number of hydrogen-bond acceptors (Lipinski definition) is 5. The minimum absolute atomic E-state index is 0.0892. The lowest BCUT2D eigenvalue weighted by atomic mass is 10.1. The molecule has 0 saturated carbocycles. The second-order valence-corrected chi connectivity index (χ2v) is 10.0. The van der Waals surface area contributed by atoms with Crippen molar-refractivity contribution in [3.05, 3.63) is 84.4 Å². The van der Waals surface area contributed by atoms with Crippen molar-refractivity contribution in [2.75, 3.05) is 30.6 Å². The fraction of sp³-hybridized carbons (Fsp3) is 0.321. The van der Waals surface area contributed by atoms with E-state index in [0.29, 0.717) is 37.6 Å². The number of sulfonamides is 1. The van der Waals surface area contributed by atoms with Gasteiger partial charge in [0, 0.05) is 6.54 Å². The van der Waals surface area contributed by atoms with Gasteiger partial charge in [-0.05, 0) is 74.2 Å². The summed E-state index contributed by atoms with van der Waals surface area (Å²) in [5, 5.41) is 2.86. The monoisotopic (exact) mass is 510 g/mol. The highest BCUT2D eigenvalue weighted by Gasteiger charge is 2.27. The molecular weight excluding hydrogens is 476 g/mol. The standard InChI is InChI=1S/C28H34N2O5S/c1-3-21-35-27-15-9-8-11-23(27)12-10-20-29-28(31)22-30(24-13-6-5-7-14-24)36(32,33)26-18-16-25(17-19-26)34-4-2/h5-9,11,13-19H,3-4,10,12,20-22H2,1-2H3,(H,29,31). The second kappa shape index (κ2) is 13.5. The van der Waals surface area contributed by atoms with Crippen molar-refractivity contribution >= 4 is 21.6 Å². The molecule has 0 bridgehead atoms. The third-order valence-electron chi connectivity index (χ3n) is 5.43. The van der Waals surface area contributed by atoms with Gasteiger partial charge in [0.2, 0.25) is 5.91 Å². The van der Waals surface area contributed by atoms with Gasteiger partial charge in [0.15, 0.2) is 0 Å². The normalized spacial score (nSPS) is 11.1. The van der Waals surface area contributed by atoms with Crippen LogP contribution in [0.25, 0.3) is 0 Å². The fourth-order valence-electron chi connectivity index (χ4n) is 3.67. The Labute approximate surface area is 214 Å². The van der Waals surface area contributed by atoms with Crippen molar-refractivity contribution in [3.63, 3.8) is 0 Å². The molecule has 8 heteroatoms. The Kier molecular flexibility index (Phi) is 10.2. The van der Waals surface area contributed by atoms with E-state index in [9.17, 15) is 13.2 Å². The van der Waals surface area contributed by atoms with E-state index in [4.69, 9.17) is 9.47 Å². The van der Waals surface area contributed by atoms with Gasteiger partial charge in [0.05, 0.1) is 23.8 Å². The van der Waals surface area contributed by atoms with Crippen molar-refractivity contribution in [2.24, 2.45) is 0 Å². The summed E-state index contributed by atoms with van der Waals surface area (Å²) in [6.07, 6.45) is 2.38. The molecule has 0 atom stereocenters. The van der Waals surface area contributed by atoms with Gasteiger partial charge in [-0.15, -0.1) is 0 Å². The molecule has 1 N–H and O–H groups in total. The van der Waals surface area contributed by atoms with E-state index >= 15 is 0 Å². The predicted octanol–water partition coefficient (Wildman–Crippen LogP) is 4.82. The molecule has 0 aromatic heterocycles. The van der Waals surface area contributed by atoms with Crippen molar-refractivity contribution in [1.29, 1.82) is 0 Å². The first kappa shape index (κ1) is 27.1. The summed E-state index contributed by atoms with van der Waals surface area (Å²) in [4.78, 5) is 12.9. The molecule has 3 aromatic carbocycles. The Hall–Kier alpha value is -3.52. The summed E-state index contributed by atoms with van der Waals surface area (Å²) in [5.74, 6) is 1.08. The first-order valence-corrected chi connectivity index (χ1v) is 13.7. The van der Waals surface area contributed by atoms with Gasteiger partial charge in [-0.1, -0.05) is 43.3 Å². The summed E-state index contributed by atoms with van der Waals surface area (Å²) in [6, 6.07) is 22.7. The lowest BCUT2D eigenvalue weighted by Crippen LogP contribution is -2.41. The number of rotatable bonds is 14. The third-order valence-corrected chi connectivity index (χ3v) is 7.22. The lowest BCUT2D eigenvalue weighted by molar-refractivity contribution is -0.119. The zero-order valence-electron chi connectivity index (χ0n) is 20.9. The van der Waals surface area contributed by atoms with Crippen LogP contribution in [0.15, 0.2) is 83.8 Å². The molecule has 0 aliphatic heterocycles. The Bertz CT molecular complexity index is 1200. The Balaban J connectivity index is 1.65. The van der Waals surface area contributed by atoms with Gasteiger partial charge in [0.1, 0.15) is 18.0 Å². The van der Waals surface area contributed by atoms with E-state index in [1.165, 1.54) is 12.1 Å². The van der Waals surface area contributed by atoms with Gasteiger partial charge >= 0.3 is 0 Å². The Morgan fingerprint density at radius 2 is 1.58 bits per heavy atom. The molecule has 0 spiro atoms. The highest BCUT2D eigenvalue weighted by molar-refractivity contribution is 7.92. The van der Waals surface area contributed by atoms with Crippen LogP contribution in [0.1, 0.15) is 32.3 Å². The summed E-state index contributed by atoms with van der Waals surface area (Å²) in [6.45, 7) is 5.17. The quantitative estimate of drug-likeness (QED) is 0.314. The zero-order valence-corrected chi connectivity index (χ0v) is 21.7. The van der Waals surface area contributed by atoms with Crippen LogP contribution in [0.5, 0.6) is 11.5 Å². The number of carbonyl (C=O) groups is 1. The van der Waals surface area contributed by atoms with E-state index in [2.05, 4.69) is 12.2 Å². The van der Waals surface area contributed by atoms with E-state index in [1.54, 1.807) is 42.5 Å². The van der Waals surface area contributed by atoms with Gasteiger partial charge in [-0.3, -0.25) is 9.10 Å². The number of anilines is 1. The number of para-hydroxylation sites is 2. The fourth-order valence-corrected chi connectivity index (χ4v) is 5.09. The van der Waals surface area contributed by atoms with Crippen molar-refractivity contribution in [3.8, 4) is 11.5 Å². The number of benzene rings is 3. The maximum Gasteiger partial charge on any atom is 0.264 e. The molecule has 192 valence electrons. The van der Waals surface area contributed by atoms with Crippen molar-refractivity contribution in [2.45, 2.75) is 38.0 Å². The SMILES string of the molecule is CCCOc1ccccc1CCCNC(=O)CN(c1ccccc1)S(=O)(=O)c1ccc(OCC)cc1. The molecule has 1 amide bonds. The molecular formula is C28H34N2O5S. The van der Waals surface area contributed by atoms with Gasteiger partial charge in [0.25, 0.3) is 10.0 Å². The molecule has 0 unspecified atom stereocenters. The van der Waals surface area contributed by atoms with Crippen LogP contribution in [0, 0.1) is 0 Å². The average molecular weight is 511 g/mol. The predicted molar refractivity (Wildman–Crippen MR) is 142 cm³/mol. The third kappa shape index (κ3) is 7.49. The molecule has 36 heavy (non-hydrogen) atoms. The van der Waals surface area contributed by atoms with Gasteiger partial charge < -0.3 is 14.8 Å². The largest absolute Gasteiger partial charge is 0.494 e. The summed E-state index contributed by atoms with van der Waals surface area (Å²) in [7, 11) is -3.97. The molecule has 0 aliphatic rings. The van der Waals surface area contributed by atoms with Gasteiger partial charge in [-0.2, -0.15) is 0 Å². The molecule has 0 aliphatic carbocycles. The number of nitrogens with zero attached hydrogens (tertiary/aromatic N) is 1. The van der Waals surface area contributed by atoms with Crippen molar-refractivity contribution in [1.82, 2.24) is 5.32 Å². The smallest absolute Gasteiger partial charge is 0.264 e. The van der Waals surface area contributed by atoms with Crippen LogP contribution in [0.4, 0.5) is 5.69 Å². The molecule has 0 heterocycles. The zero-order chi connectivity index (χ0) is 25.8. The van der Waals surface area contributed by atoms with E-state index < -0.39 is 10.0 Å². The summed E-state index contributed by atoms with van der Waals surface area (Å²) in [5.41, 5.74) is 1.51. The van der Waals surface area contributed by atoms with E-state index in [0.717, 1.165) is 28.5 Å². The molecule has 3 aromatic rings. The highest BCUT2D eigenvalue weighted by Crippen LogP contribution is 2.25. The average Bonchev–Trinajstić information content (AvgIpc) is 2.90. The molecule has 0 saturated heterocycles. The summed E-state index contributed by atoms with van der Waals surface area (Å²) < 4.78 is 39.3. The van der Waals surface area contributed by atoms with Crippen LogP contribution in [0.3, 0.4) is 0 Å². The summed E-state index contributed by atoms with van der Waals surface area (Å²) >= 11 is 0. The first-order valence-electron chi connectivity index (χ1n) is 12.2. The van der Waals surface area contributed by atoms with Crippen LogP contribution >= 0.6 is 0 Å². The second-order valence-electron chi connectivity index (χ2n) is 8.16. The Morgan fingerprint density at radius 3 is 2.28 bits per heavy atom. The van der Waals surface area contributed by atoms with Crippen LogP contribution in [0.2, 0.25) is 0 Å². The highest BCUT2D eigenvalue weighted by atomic mass is 32.2. The number of nitrogens with one attached hydrogen (secondary N) is 1. The number of hydrogen-bond donors (Lipinski definition) is 1. The maximum absolute atomic E-state index is 13.5. The van der Waals surface area contributed by atoms with Crippen LogP contribution in [-0.2, 0) is 21.2 Å². The van der Waals surface area contributed by atoms with E-state index in [-0.39, 0.29) is 17.3 Å². The number of carbonyl (C=O) groups excluding carboxylic acids is 1. The minimum atomic E-state index is -3.97. The maximum atomic E-state index is 13.5. The van der Waals surface area contributed by atoms with E-state index in [1.807, 2.05) is 31.2 Å². The van der Waals surface area contributed by atoms with Crippen LogP contribution < -0.4 is 19.1 Å². The minimum Gasteiger partial charge on any atom is -0.494 e. The molecule has 3 rings (SSSR count). The number of aryl methyl sites for hydroxylation is 1. The Morgan fingerprint density at radius 1 is 0.889 bits per heavy atom. The van der Waals surface area contributed by atoms with Gasteiger partial charge in [-0.25, -0.2) is 8.42 Å². The number of amides is 1. The van der Waals surface area contributed by atoms with Crippen LogP contribution in [-0.4, -0.2) is 40.6 Å². The molecule has 0 radical (unpaired) electrons. The molecule has 0 fully saturated rings. The lowest BCUT2D eigenvalue weighted by Gasteiger charge is -2.24. The number of ether oxygens (including phenoxy) is 2. The molecule has 7 nitrogen and oxygen atoms in total. The first-order chi connectivity index (χ1) is 17.5. The topological polar surface area (TPSA) is 84.9 Å². The van der Waals surface area contributed by atoms with Crippen molar-refractivity contribution < 1.29 is 22.7 Å².